The van der Waals surface area contributed by atoms with Crippen LogP contribution < -0.4 is 0 Å². The van der Waals surface area contributed by atoms with E-state index in [1.807, 2.05) is 0 Å². The van der Waals surface area contributed by atoms with Gasteiger partial charge in [-0.25, -0.2) is 0 Å². The van der Waals surface area contributed by atoms with Crippen LogP contribution in [0.25, 0.3) is 21.5 Å². The Morgan fingerprint density at radius 1 is 0.474 bits per heavy atom. The summed E-state index contributed by atoms with van der Waals surface area (Å²) in [6, 6.07) is 49.9. The molecular weight excluding hydrogens is 456 g/mol. The summed E-state index contributed by atoms with van der Waals surface area (Å²) in [6.07, 6.45) is 0. The fraction of sp³-hybridized carbons (Fsp3) is 0.158. The first-order valence-electron chi connectivity index (χ1n) is 13.7. The average Bonchev–Trinajstić information content (AvgIpc) is 2.94. The van der Waals surface area contributed by atoms with Crippen LogP contribution >= 0.6 is 0 Å². The fourth-order valence-electron chi connectivity index (χ4n) is 7.21. The molecule has 184 valence electrons. The van der Waals surface area contributed by atoms with E-state index < -0.39 is 0 Å². The number of benzene rings is 6. The van der Waals surface area contributed by atoms with E-state index in [0.29, 0.717) is 0 Å². The third-order valence-electron chi connectivity index (χ3n) is 8.77. The molecule has 0 amide bonds. The molecule has 7 rings (SSSR count). The molecule has 6 aromatic carbocycles. The first-order valence-corrected chi connectivity index (χ1v) is 13.7. The van der Waals surface area contributed by atoms with E-state index in [0.717, 1.165) is 0 Å². The molecule has 0 fully saturated rings. The topological polar surface area (TPSA) is 0 Å². The van der Waals surface area contributed by atoms with Crippen molar-refractivity contribution in [2.75, 3.05) is 0 Å². The Bertz CT molecular complexity index is 1770. The lowest BCUT2D eigenvalue weighted by Gasteiger charge is -2.52. The Morgan fingerprint density at radius 2 is 0.947 bits per heavy atom. The van der Waals surface area contributed by atoms with E-state index in [2.05, 4.69) is 154 Å². The number of hydrogen-bond acceptors (Lipinski definition) is 0. The summed E-state index contributed by atoms with van der Waals surface area (Å²) in [7, 11) is 0. The highest BCUT2D eigenvalue weighted by atomic mass is 14.5. The van der Waals surface area contributed by atoms with Gasteiger partial charge in [0, 0.05) is 5.92 Å². The smallest absolute Gasteiger partial charge is 0.0505 e. The highest BCUT2D eigenvalue weighted by molar-refractivity contribution is 5.85. The van der Waals surface area contributed by atoms with Gasteiger partial charge in [-0.3, -0.25) is 0 Å². The maximum absolute atomic E-state index is 2.44. The zero-order valence-electron chi connectivity index (χ0n) is 22.3. The van der Waals surface area contributed by atoms with Crippen LogP contribution in [0.4, 0.5) is 0 Å². The molecule has 38 heavy (non-hydrogen) atoms. The van der Waals surface area contributed by atoms with Crippen LogP contribution in [-0.4, -0.2) is 0 Å². The Hall–Kier alpha value is -4.16. The number of rotatable bonds is 2. The fourth-order valence-corrected chi connectivity index (χ4v) is 7.21. The van der Waals surface area contributed by atoms with E-state index in [1.54, 1.807) is 0 Å². The Balaban J connectivity index is 1.58. The lowest BCUT2D eigenvalue weighted by atomic mass is 9.50. The molecule has 0 N–H and O–H groups in total. The molecule has 0 spiro atoms. The Labute approximate surface area is 225 Å². The third kappa shape index (κ3) is 3.23. The molecule has 1 aliphatic rings. The second kappa shape index (κ2) is 8.43. The van der Waals surface area contributed by atoms with Crippen molar-refractivity contribution in [3.8, 4) is 0 Å². The summed E-state index contributed by atoms with van der Waals surface area (Å²) >= 11 is 0. The van der Waals surface area contributed by atoms with Crippen molar-refractivity contribution >= 4 is 21.5 Å². The van der Waals surface area contributed by atoms with Gasteiger partial charge in [0.25, 0.3) is 0 Å². The lowest BCUT2D eigenvalue weighted by molar-refractivity contribution is 0.265. The van der Waals surface area contributed by atoms with E-state index in [-0.39, 0.29) is 16.7 Å². The predicted octanol–water partition coefficient (Wildman–Crippen LogP) is 9.87. The lowest BCUT2D eigenvalue weighted by Crippen LogP contribution is -2.46. The van der Waals surface area contributed by atoms with Crippen molar-refractivity contribution in [2.45, 2.75) is 32.1 Å². The van der Waals surface area contributed by atoms with Gasteiger partial charge < -0.3 is 0 Å². The van der Waals surface area contributed by atoms with Crippen LogP contribution in [-0.2, 0) is 5.41 Å². The van der Waals surface area contributed by atoms with E-state index in [1.165, 1.54) is 54.9 Å². The second-order valence-electron chi connectivity index (χ2n) is 11.8. The van der Waals surface area contributed by atoms with Crippen molar-refractivity contribution in [2.24, 2.45) is 5.41 Å². The number of hydrogen-bond donors (Lipinski definition) is 0. The first-order chi connectivity index (χ1) is 18.5. The molecule has 0 heteroatoms. The monoisotopic (exact) mass is 488 g/mol. The van der Waals surface area contributed by atoms with Crippen molar-refractivity contribution in [3.05, 3.63) is 167 Å². The third-order valence-corrected chi connectivity index (χ3v) is 8.77. The molecule has 0 heterocycles. The van der Waals surface area contributed by atoms with Gasteiger partial charge in [0.15, 0.2) is 0 Å². The normalized spacial score (nSPS) is 18.8. The molecule has 1 aliphatic carbocycles. The Morgan fingerprint density at radius 3 is 1.53 bits per heavy atom. The van der Waals surface area contributed by atoms with Gasteiger partial charge in [-0.2, -0.15) is 0 Å². The Kier molecular flexibility index (Phi) is 5.10. The molecule has 0 saturated heterocycles. The second-order valence-corrected chi connectivity index (χ2v) is 11.8. The largest absolute Gasteiger partial charge is 0.0619 e. The van der Waals surface area contributed by atoms with Crippen molar-refractivity contribution in [1.29, 1.82) is 0 Å². The summed E-state index contributed by atoms with van der Waals surface area (Å²) in [5.41, 5.74) is 7.99. The number of fused-ring (bicyclic) bond motifs is 4. The van der Waals surface area contributed by atoms with Crippen molar-refractivity contribution < 1.29 is 0 Å². The molecule has 0 nitrogen and oxygen atoms in total. The van der Waals surface area contributed by atoms with Crippen molar-refractivity contribution in [1.82, 2.24) is 0 Å². The predicted molar refractivity (Wildman–Crippen MR) is 161 cm³/mol. The first kappa shape index (κ1) is 23.0. The minimum atomic E-state index is -0.294. The zero-order valence-corrected chi connectivity index (χ0v) is 22.3. The van der Waals surface area contributed by atoms with Gasteiger partial charge in [-0.05, 0) is 66.4 Å². The molecule has 0 saturated carbocycles. The van der Waals surface area contributed by atoms with Crippen LogP contribution in [0, 0.1) is 5.41 Å². The van der Waals surface area contributed by atoms with Gasteiger partial charge in [0.05, 0.1) is 5.41 Å². The highest BCUT2D eigenvalue weighted by Gasteiger charge is 2.52. The molecule has 0 bridgehead atoms. The van der Waals surface area contributed by atoms with Crippen LogP contribution in [0.5, 0.6) is 0 Å². The van der Waals surface area contributed by atoms with Gasteiger partial charge in [-0.1, -0.05) is 148 Å². The summed E-state index contributed by atoms with van der Waals surface area (Å²) < 4.78 is 0. The van der Waals surface area contributed by atoms with E-state index in [4.69, 9.17) is 0 Å². The molecule has 0 radical (unpaired) electrons. The average molecular weight is 489 g/mol. The van der Waals surface area contributed by atoms with Crippen molar-refractivity contribution in [3.63, 3.8) is 0 Å². The summed E-state index contributed by atoms with van der Waals surface area (Å²) in [4.78, 5) is 0. The summed E-state index contributed by atoms with van der Waals surface area (Å²) in [5, 5.41) is 5.16. The maximum Gasteiger partial charge on any atom is 0.0505 e. The van der Waals surface area contributed by atoms with Gasteiger partial charge in [0.1, 0.15) is 0 Å². The van der Waals surface area contributed by atoms with E-state index >= 15 is 0 Å². The summed E-state index contributed by atoms with van der Waals surface area (Å²) in [5.74, 6) is 0.183. The maximum atomic E-state index is 2.44. The molecular formula is C38H32. The molecule has 0 atom stereocenters. The van der Waals surface area contributed by atoms with Crippen LogP contribution in [0.3, 0.4) is 0 Å². The quantitative estimate of drug-likeness (QED) is 0.227. The van der Waals surface area contributed by atoms with Crippen LogP contribution in [0.2, 0.25) is 0 Å². The van der Waals surface area contributed by atoms with Crippen LogP contribution in [0.15, 0.2) is 133 Å². The van der Waals surface area contributed by atoms with Crippen LogP contribution in [0.1, 0.15) is 60.1 Å². The molecule has 0 unspecified atom stereocenters. The minimum absolute atomic E-state index is 0.0734. The van der Waals surface area contributed by atoms with Gasteiger partial charge in [-0.15, -0.1) is 0 Å². The molecule has 0 aliphatic heterocycles. The van der Waals surface area contributed by atoms with E-state index in [9.17, 15) is 0 Å². The summed E-state index contributed by atoms with van der Waals surface area (Å²) in [6.45, 7) is 7.23. The standard InChI is InChI=1S/C38H32/c1-37(2,3)38(31-23-22-27-13-5-7-15-29(27)25-31)34-18-10-8-16-32(34)36(33-17-9-11-19-35(33)38)30-21-20-26-12-4-6-14-28(26)24-30/h4-25,36H,1-3H3. The SMILES string of the molecule is CC(C)(C)C1(c2ccc3ccccc3c2)c2ccccc2C(c2ccc3ccccc3c2)c2ccccc21. The van der Waals surface area contributed by atoms with Gasteiger partial charge >= 0.3 is 0 Å². The zero-order chi connectivity index (χ0) is 25.9. The minimum Gasteiger partial charge on any atom is -0.0619 e. The molecule has 0 aromatic heterocycles. The molecule has 6 aromatic rings. The van der Waals surface area contributed by atoms with Gasteiger partial charge in [0.2, 0.25) is 0 Å². The highest BCUT2D eigenvalue weighted by Crippen LogP contribution is 2.59.